The number of amides is 1. The monoisotopic (exact) mass is 331 g/mol. The van der Waals surface area contributed by atoms with Gasteiger partial charge in [0, 0.05) is 58.2 Å². The molecule has 5 heteroatoms. The van der Waals surface area contributed by atoms with Gasteiger partial charge in [0.2, 0.25) is 5.91 Å². The number of aromatic nitrogens is 1. The number of pyridine rings is 1. The zero-order valence-corrected chi connectivity index (χ0v) is 14.7. The van der Waals surface area contributed by atoms with E-state index >= 15 is 0 Å². The van der Waals surface area contributed by atoms with Crippen molar-refractivity contribution in [2.75, 3.05) is 39.9 Å². The molecular formula is C19H29N3O2. The Morgan fingerprint density at radius 3 is 3.08 bits per heavy atom. The molecule has 0 aromatic carbocycles. The van der Waals surface area contributed by atoms with E-state index < -0.39 is 0 Å². The third-order valence-electron chi connectivity index (χ3n) is 5.17. The standard InChI is InChI=1S/C19H29N3O2/c1-21(12-17-3-2-8-20-11-17)13-18-6-9-22(14-18)19(23)5-4-16-7-10-24-15-16/h2-3,8,11,16,18H,4-7,9-10,12-15H2,1H3/t16-,18+/m0/s1. The molecule has 132 valence electrons. The topological polar surface area (TPSA) is 45.7 Å². The van der Waals surface area contributed by atoms with E-state index in [0.29, 0.717) is 24.2 Å². The molecule has 0 N–H and O–H groups in total. The molecule has 1 aromatic heterocycles. The fourth-order valence-corrected chi connectivity index (χ4v) is 3.81. The second-order valence-corrected chi connectivity index (χ2v) is 7.32. The van der Waals surface area contributed by atoms with E-state index in [1.165, 1.54) is 5.56 Å². The van der Waals surface area contributed by atoms with Crippen molar-refractivity contribution in [2.45, 2.75) is 32.2 Å². The summed E-state index contributed by atoms with van der Waals surface area (Å²) < 4.78 is 5.39. The van der Waals surface area contributed by atoms with Gasteiger partial charge < -0.3 is 14.5 Å². The van der Waals surface area contributed by atoms with Gasteiger partial charge in [0.05, 0.1) is 0 Å². The predicted molar refractivity (Wildman–Crippen MR) is 93.4 cm³/mol. The molecule has 24 heavy (non-hydrogen) atoms. The fourth-order valence-electron chi connectivity index (χ4n) is 3.81. The molecule has 1 aromatic rings. The molecule has 0 saturated carbocycles. The Hall–Kier alpha value is -1.46. The number of likely N-dealkylation sites (tertiary alicyclic amines) is 1. The summed E-state index contributed by atoms with van der Waals surface area (Å²) in [6.07, 6.45) is 7.65. The van der Waals surface area contributed by atoms with E-state index in [1.807, 2.05) is 18.5 Å². The summed E-state index contributed by atoms with van der Waals surface area (Å²) in [5, 5.41) is 0. The molecule has 3 rings (SSSR count). The second-order valence-electron chi connectivity index (χ2n) is 7.32. The van der Waals surface area contributed by atoms with Crippen LogP contribution >= 0.6 is 0 Å². The maximum Gasteiger partial charge on any atom is 0.222 e. The zero-order chi connectivity index (χ0) is 16.8. The number of rotatable bonds is 7. The van der Waals surface area contributed by atoms with E-state index in [9.17, 15) is 4.79 Å². The van der Waals surface area contributed by atoms with Gasteiger partial charge in [-0.3, -0.25) is 9.78 Å². The highest BCUT2D eigenvalue weighted by Crippen LogP contribution is 2.22. The normalized spacial score (nSPS) is 24.0. The SMILES string of the molecule is CN(Cc1cccnc1)C[C@H]1CCN(C(=O)CC[C@H]2CCOC2)C1. The third-order valence-corrected chi connectivity index (χ3v) is 5.17. The van der Waals surface area contributed by atoms with E-state index in [0.717, 1.165) is 58.7 Å². The summed E-state index contributed by atoms with van der Waals surface area (Å²) >= 11 is 0. The lowest BCUT2D eigenvalue weighted by molar-refractivity contribution is -0.130. The van der Waals surface area contributed by atoms with Crippen molar-refractivity contribution < 1.29 is 9.53 Å². The molecule has 0 aliphatic carbocycles. The Labute approximate surface area is 145 Å². The van der Waals surface area contributed by atoms with Crippen LogP contribution in [0.1, 0.15) is 31.2 Å². The average Bonchev–Trinajstić information content (AvgIpc) is 3.25. The van der Waals surface area contributed by atoms with Crippen molar-refractivity contribution in [3.63, 3.8) is 0 Å². The Balaban J connectivity index is 1.37. The van der Waals surface area contributed by atoms with Crippen LogP contribution in [0.25, 0.3) is 0 Å². The molecule has 2 aliphatic rings. The van der Waals surface area contributed by atoms with Crippen molar-refractivity contribution >= 4 is 5.91 Å². The molecule has 2 saturated heterocycles. The first-order valence-corrected chi connectivity index (χ1v) is 9.13. The molecular weight excluding hydrogens is 302 g/mol. The molecule has 2 atom stereocenters. The van der Waals surface area contributed by atoms with Crippen LogP contribution in [0.5, 0.6) is 0 Å². The van der Waals surface area contributed by atoms with Crippen molar-refractivity contribution in [1.82, 2.24) is 14.8 Å². The van der Waals surface area contributed by atoms with Crippen molar-refractivity contribution in [3.05, 3.63) is 30.1 Å². The first-order chi connectivity index (χ1) is 11.7. The van der Waals surface area contributed by atoms with Crippen molar-refractivity contribution in [2.24, 2.45) is 11.8 Å². The lowest BCUT2D eigenvalue weighted by Crippen LogP contribution is -2.31. The van der Waals surface area contributed by atoms with Crippen molar-refractivity contribution in [3.8, 4) is 0 Å². The first kappa shape index (κ1) is 17.4. The van der Waals surface area contributed by atoms with Crippen LogP contribution in [0.4, 0.5) is 0 Å². The summed E-state index contributed by atoms with van der Waals surface area (Å²) in [5.74, 6) is 1.52. The number of hydrogen-bond donors (Lipinski definition) is 0. The van der Waals surface area contributed by atoms with Crippen molar-refractivity contribution in [1.29, 1.82) is 0 Å². The number of ether oxygens (including phenoxy) is 1. The highest BCUT2D eigenvalue weighted by Gasteiger charge is 2.27. The maximum atomic E-state index is 12.4. The van der Waals surface area contributed by atoms with Gasteiger partial charge in [-0.1, -0.05) is 6.07 Å². The van der Waals surface area contributed by atoms with E-state index in [-0.39, 0.29) is 0 Å². The number of carbonyl (C=O) groups is 1. The molecule has 2 aliphatic heterocycles. The molecule has 0 radical (unpaired) electrons. The number of nitrogens with zero attached hydrogens (tertiary/aromatic N) is 3. The molecule has 0 spiro atoms. The minimum absolute atomic E-state index is 0.333. The molecule has 3 heterocycles. The zero-order valence-electron chi connectivity index (χ0n) is 14.7. The summed E-state index contributed by atoms with van der Waals surface area (Å²) in [7, 11) is 2.15. The average molecular weight is 331 g/mol. The van der Waals surface area contributed by atoms with Gasteiger partial charge >= 0.3 is 0 Å². The Morgan fingerprint density at radius 1 is 1.42 bits per heavy atom. The van der Waals surface area contributed by atoms with Gasteiger partial charge in [-0.15, -0.1) is 0 Å². The summed E-state index contributed by atoms with van der Waals surface area (Å²) in [6.45, 7) is 5.50. The second kappa shape index (κ2) is 8.58. The summed E-state index contributed by atoms with van der Waals surface area (Å²) in [5.41, 5.74) is 1.24. The predicted octanol–water partition coefficient (Wildman–Crippen LogP) is 2.18. The molecule has 2 fully saturated rings. The highest BCUT2D eigenvalue weighted by molar-refractivity contribution is 5.76. The van der Waals surface area contributed by atoms with E-state index in [2.05, 4.69) is 27.9 Å². The minimum Gasteiger partial charge on any atom is -0.381 e. The van der Waals surface area contributed by atoms with Crippen LogP contribution in [0.15, 0.2) is 24.5 Å². The fraction of sp³-hybridized carbons (Fsp3) is 0.684. The van der Waals surface area contributed by atoms with Gasteiger partial charge in [0.25, 0.3) is 0 Å². The van der Waals surface area contributed by atoms with Gasteiger partial charge in [-0.2, -0.15) is 0 Å². The van der Waals surface area contributed by atoms with Crippen LogP contribution in [0.3, 0.4) is 0 Å². The smallest absolute Gasteiger partial charge is 0.222 e. The number of hydrogen-bond acceptors (Lipinski definition) is 4. The summed E-state index contributed by atoms with van der Waals surface area (Å²) in [6, 6.07) is 4.09. The lowest BCUT2D eigenvalue weighted by atomic mass is 10.0. The van der Waals surface area contributed by atoms with Crippen LogP contribution in [-0.2, 0) is 16.1 Å². The molecule has 1 amide bonds. The molecule has 5 nitrogen and oxygen atoms in total. The highest BCUT2D eigenvalue weighted by atomic mass is 16.5. The quantitative estimate of drug-likeness (QED) is 0.768. The third kappa shape index (κ3) is 5.02. The number of carbonyl (C=O) groups excluding carboxylic acids is 1. The Morgan fingerprint density at radius 2 is 2.33 bits per heavy atom. The van der Waals surface area contributed by atoms with E-state index in [1.54, 1.807) is 0 Å². The van der Waals surface area contributed by atoms with Crippen LogP contribution in [0, 0.1) is 11.8 Å². The van der Waals surface area contributed by atoms with E-state index in [4.69, 9.17) is 4.74 Å². The minimum atomic E-state index is 0.333. The first-order valence-electron chi connectivity index (χ1n) is 9.13. The maximum absolute atomic E-state index is 12.4. The van der Waals surface area contributed by atoms with Gasteiger partial charge in [0.1, 0.15) is 0 Å². The van der Waals surface area contributed by atoms with Gasteiger partial charge in [-0.25, -0.2) is 0 Å². The largest absolute Gasteiger partial charge is 0.381 e. The van der Waals surface area contributed by atoms with Crippen LogP contribution in [0.2, 0.25) is 0 Å². The molecule has 0 unspecified atom stereocenters. The molecule has 0 bridgehead atoms. The van der Waals surface area contributed by atoms with Crippen LogP contribution in [-0.4, -0.2) is 60.6 Å². The van der Waals surface area contributed by atoms with Crippen LogP contribution < -0.4 is 0 Å². The Bertz CT molecular complexity index is 517. The Kier molecular flexibility index (Phi) is 6.21. The van der Waals surface area contributed by atoms with Gasteiger partial charge in [0.15, 0.2) is 0 Å². The van der Waals surface area contributed by atoms with Gasteiger partial charge in [-0.05, 0) is 49.8 Å². The lowest BCUT2D eigenvalue weighted by Gasteiger charge is -2.22. The summed E-state index contributed by atoms with van der Waals surface area (Å²) in [4.78, 5) is 21.0.